The number of anilines is 1. The lowest BCUT2D eigenvalue weighted by Crippen LogP contribution is -2.37. The molecule has 0 atom stereocenters. The first-order valence-electron chi connectivity index (χ1n) is 14.4. The van der Waals surface area contributed by atoms with Gasteiger partial charge in [0.15, 0.2) is 0 Å². The average molecular weight is 546 g/mol. The van der Waals surface area contributed by atoms with Crippen LogP contribution in [0.15, 0.2) is 47.3 Å². The van der Waals surface area contributed by atoms with E-state index in [1.54, 1.807) is 7.11 Å². The van der Waals surface area contributed by atoms with Crippen molar-refractivity contribution in [1.82, 2.24) is 10.3 Å². The van der Waals surface area contributed by atoms with E-state index in [9.17, 15) is 9.59 Å². The van der Waals surface area contributed by atoms with Gasteiger partial charge in [0.1, 0.15) is 12.4 Å². The van der Waals surface area contributed by atoms with Crippen molar-refractivity contribution in [2.45, 2.75) is 72.4 Å². The number of methoxy groups -OCH3 is 1. The Morgan fingerprint density at radius 3 is 2.38 bits per heavy atom. The summed E-state index contributed by atoms with van der Waals surface area (Å²) in [4.78, 5) is 31.6. The van der Waals surface area contributed by atoms with Crippen LogP contribution in [-0.4, -0.2) is 43.8 Å². The van der Waals surface area contributed by atoms with Gasteiger partial charge in [-0.2, -0.15) is 0 Å². The molecule has 0 radical (unpaired) electrons. The number of carbonyl (C=O) groups is 1. The number of aryl methyl sites for hydroxylation is 2. The molecule has 7 heteroatoms. The highest BCUT2D eigenvalue weighted by atomic mass is 16.5. The van der Waals surface area contributed by atoms with Gasteiger partial charge in [0.25, 0.3) is 11.5 Å². The van der Waals surface area contributed by atoms with Gasteiger partial charge < -0.3 is 24.7 Å². The number of H-pyrrole nitrogens is 1. The van der Waals surface area contributed by atoms with E-state index in [4.69, 9.17) is 9.47 Å². The minimum atomic E-state index is -0.181. The number of carbonyl (C=O) groups excluding carboxylic acids is 1. The maximum absolute atomic E-state index is 13.7. The van der Waals surface area contributed by atoms with E-state index in [2.05, 4.69) is 28.2 Å². The van der Waals surface area contributed by atoms with E-state index in [1.165, 1.54) is 32.1 Å². The van der Waals surface area contributed by atoms with Crippen LogP contribution in [0.5, 0.6) is 5.75 Å². The zero-order valence-corrected chi connectivity index (χ0v) is 24.6. The second-order valence-electron chi connectivity index (χ2n) is 10.7. The molecule has 0 unspecified atom stereocenters. The zero-order valence-electron chi connectivity index (χ0n) is 24.6. The van der Waals surface area contributed by atoms with Crippen LogP contribution >= 0.6 is 0 Å². The number of aromatic nitrogens is 1. The van der Waals surface area contributed by atoms with Crippen molar-refractivity contribution >= 4 is 11.6 Å². The molecule has 4 rings (SSSR count). The average Bonchev–Trinajstić information content (AvgIpc) is 2.95. The Hall–Kier alpha value is -3.58. The fourth-order valence-electron chi connectivity index (χ4n) is 5.77. The van der Waals surface area contributed by atoms with Gasteiger partial charge in [-0.15, -0.1) is 0 Å². The molecule has 0 bridgehead atoms. The van der Waals surface area contributed by atoms with Crippen molar-refractivity contribution in [2.75, 3.05) is 31.8 Å². The van der Waals surface area contributed by atoms with E-state index in [0.717, 1.165) is 45.9 Å². The highest BCUT2D eigenvalue weighted by molar-refractivity contribution is 5.99. The molecule has 1 saturated carbocycles. The number of hydrogen-bond acceptors (Lipinski definition) is 5. The number of rotatable bonds is 11. The summed E-state index contributed by atoms with van der Waals surface area (Å²) >= 11 is 0. The molecule has 2 aromatic carbocycles. The summed E-state index contributed by atoms with van der Waals surface area (Å²) in [6.45, 7) is 10.1. The van der Waals surface area contributed by atoms with Crippen molar-refractivity contribution in [3.63, 3.8) is 0 Å². The highest BCUT2D eigenvalue weighted by Gasteiger charge is 2.24. The van der Waals surface area contributed by atoms with E-state index >= 15 is 0 Å². The van der Waals surface area contributed by atoms with Gasteiger partial charge in [0, 0.05) is 48.7 Å². The van der Waals surface area contributed by atoms with Crippen LogP contribution in [-0.2, 0) is 11.3 Å². The van der Waals surface area contributed by atoms with Crippen LogP contribution in [0, 0.1) is 20.8 Å². The first kappa shape index (κ1) is 29.4. The third-order valence-corrected chi connectivity index (χ3v) is 7.95. The predicted molar refractivity (Wildman–Crippen MR) is 162 cm³/mol. The van der Waals surface area contributed by atoms with Gasteiger partial charge in [-0.05, 0) is 93.1 Å². The van der Waals surface area contributed by atoms with E-state index in [1.807, 2.05) is 57.2 Å². The minimum absolute atomic E-state index is 0.161. The molecule has 0 saturated heterocycles. The lowest BCUT2D eigenvalue weighted by atomic mass is 9.91. The number of nitrogens with zero attached hydrogens (tertiary/aromatic N) is 1. The molecular formula is C33H43N3O4. The van der Waals surface area contributed by atoms with Crippen LogP contribution in [0.1, 0.15) is 71.8 Å². The molecule has 1 aliphatic rings. The fourth-order valence-corrected chi connectivity index (χ4v) is 5.77. The maximum atomic E-state index is 13.7. The largest absolute Gasteiger partial charge is 0.491 e. The first-order valence-corrected chi connectivity index (χ1v) is 14.4. The van der Waals surface area contributed by atoms with E-state index in [0.29, 0.717) is 30.4 Å². The number of hydrogen-bond donors (Lipinski definition) is 2. The maximum Gasteiger partial charge on any atom is 0.253 e. The number of pyridine rings is 1. The molecule has 3 aromatic rings. The topological polar surface area (TPSA) is 83.7 Å². The summed E-state index contributed by atoms with van der Waals surface area (Å²) in [7, 11) is 1.65. The number of amides is 1. The highest BCUT2D eigenvalue weighted by Crippen LogP contribution is 2.35. The standard InChI is InChI=1S/C33H43N3O4/c1-6-36(27-10-8-7-9-11-27)31-20-26(25-12-14-28(15-13-25)40-17-16-39-5)19-29(24(31)4)32(37)34-21-30-22(2)18-23(3)35-33(30)38/h12-15,18-20,27H,6-11,16-17,21H2,1-5H3,(H,34,37)(H,35,38). The molecule has 1 aliphatic carbocycles. The summed E-state index contributed by atoms with van der Waals surface area (Å²) in [6, 6.07) is 14.6. The van der Waals surface area contributed by atoms with Crippen LogP contribution in [0.4, 0.5) is 5.69 Å². The molecule has 40 heavy (non-hydrogen) atoms. The lowest BCUT2D eigenvalue weighted by Gasteiger charge is -2.37. The van der Waals surface area contributed by atoms with Crippen molar-refractivity contribution in [3.05, 3.63) is 80.8 Å². The van der Waals surface area contributed by atoms with Crippen LogP contribution in [0.25, 0.3) is 11.1 Å². The van der Waals surface area contributed by atoms with Crippen LogP contribution in [0.2, 0.25) is 0 Å². The predicted octanol–water partition coefficient (Wildman–Crippen LogP) is 6.08. The zero-order chi connectivity index (χ0) is 28.6. The van der Waals surface area contributed by atoms with Crippen molar-refractivity contribution in [3.8, 4) is 16.9 Å². The molecule has 1 fully saturated rings. The Morgan fingerprint density at radius 2 is 1.73 bits per heavy atom. The third-order valence-electron chi connectivity index (χ3n) is 7.95. The van der Waals surface area contributed by atoms with E-state index in [-0.39, 0.29) is 18.0 Å². The third kappa shape index (κ3) is 6.94. The first-order chi connectivity index (χ1) is 19.3. The van der Waals surface area contributed by atoms with Gasteiger partial charge in [-0.25, -0.2) is 0 Å². The minimum Gasteiger partial charge on any atom is -0.491 e. The number of nitrogens with one attached hydrogen (secondary N) is 2. The summed E-state index contributed by atoms with van der Waals surface area (Å²) in [5.41, 5.74) is 6.78. The molecule has 2 N–H and O–H groups in total. The fraction of sp³-hybridized carbons (Fsp3) is 0.455. The summed E-state index contributed by atoms with van der Waals surface area (Å²) in [6.07, 6.45) is 6.10. The molecule has 1 heterocycles. The Balaban J connectivity index is 1.69. The summed E-state index contributed by atoms with van der Waals surface area (Å²) in [5.74, 6) is 0.598. The van der Waals surface area contributed by atoms with Crippen LogP contribution < -0.4 is 20.5 Å². The Labute approximate surface area is 237 Å². The second-order valence-corrected chi connectivity index (χ2v) is 10.7. The van der Waals surface area contributed by atoms with Gasteiger partial charge in [-0.3, -0.25) is 9.59 Å². The van der Waals surface area contributed by atoms with Crippen molar-refractivity contribution in [2.24, 2.45) is 0 Å². The number of aromatic amines is 1. The molecule has 0 aliphatic heterocycles. The van der Waals surface area contributed by atoms with Crippen molar-refractivity contribution in [1.29, 1.82) is 0 Å². The Bertz CT molecular complexity index is 1360. The molecule has 214 valence electrons. The SMILES string of the molecule is CCN(c1cc(-c2ccc(OCCOC)cc2)cc(C(=O)NCc2c(C)cc(C)[nH]c2=O)c1C)C1CCCCC1. The Kier molecular flexibility index (Phi) is 10.0. The quantitative estimate of drug-likeness (QED) is 0.285. The summed E-state index contributed by atoms with van der Waals surface area (Å²) in [5, 5.41) is 3.03. The number of benzene rings is 2. The smallest absolute Gasteiger partial charge is 0.253 e. The van der Waals surface area contributed by atoms with E-state index < -0.39 is 0 Å². The molecule has 0 spiro atoms. The molecule has 7 nitrogen and oxygen atoms in total. The lowest BCUT2D eigenvalue weighted by molar-refractivity contribution is 0.0950. The Morgan fingerprint density at radius 1 is 1.00 bits per heavy atom. The normalized spacial score (nSPS) is 13.7. The monoisotopic (exact) mass is 545 g/mol. The summed E-state index contributed by atoms with van der Waals surface area (Å²) < 4.78 is 10.8. The van der Waals surface area contributed by atoms with Gasteiger partial charge in [0.2, 0.25) is 0 Å². The second kappa shape index (κ2) is 13.7. The van der Waals surface area contributed by atoms with Gasteiger partial charge in [-0.1, -0.05) is 31.4 Å². The van der Waals surface area contributed by atoms with Crippen molar-refractivity contribution < 1.29 is 14.3 Å². The number of ether oxygens (including phenoxy) is 2. The molecular weight excluding hydrogens is 502 g/mol. The molecule has 1 amide bonds. The van der Waals surface area contributed by atoms with Crippen LogP contribution in [0.3, 0.4) is 0 Å². The molecule has 1 aromatic heterocycles. The van der Waals surface area contributed by atoms with Gasteiger partial charge in [0.05, 0.1) is 6.61 Å². The van der Waals surface area contributed by atoms with Gasteiger partial charge >= 0.3 is 0 Å².